The molecule has 0 saturated heterocycles. The Labute approximate surface area is 87.0 Å². The first-order chi connectivity index (χ1) is 7.24. The molecule has 0 amide bonds. The first-order valence-corrected chi connectivity index (χ1v) is 4.46. The SMILES string of the molecule is CCOC(=O)C(=O)OCc1ccncc1. The van der Waals surface area contributed by atoms with Crippen LogP contribution in [0.3, 0.4) is 0 Å². The van der Waals surface area contributed by atoms with Crippen LogP contribution in [0, 0.1) is 0 Å². The van der Waals surface area contributed by atoms with Gasteiger partial charge in [0.2, 0.25) is 0 Å². The van der Waals surface area contributed by atoms with E-state index in [4.69, 9.17) is 4.74 Å². The molecule has 80 valence electrons. The first-order valence-electron chi connectivity index (χ1n) is 4.46. The van der Waals surface area contributed by atoms with E-state index in [1.54, 1.807) is 31.5 Å². The number of carbonyl (C=O) groups is 2. The average Bonchev–Trinajstić information content (AvgIpc) is 2.27. The molecule has 0 bridgehead atoms. The number of ether oxygens (including phenoxy) is 2. The number of pyridine rings is 1. The van der Waals surface area contributed by atoms with Gasteiger partial charge in [-0.1, -0.05) is 0 Å². The summed E-state index contributed by atoms with van der Waals surface area (Å²) in [5, 5.41) is 0. The van der Waals surface area contributed by atoms with Gasteiger partial charge in [0, 0.05) is 12.4 Å². The quantitative estimate of drug-likeness (QED) is 0.541. The fraction of sp³-hybridized carbons (Fsp3) is 0.300. The van der Waals surface area contributed by atoms with Crippen molar-refractivity contribution < 1.29 is 19.1 Å². The molecule has 5 heteroatoms. The van der Waals surface area contributed by atoms with Crippen LogP contribution in [0.25, 0.3) is 0 Å². The molecular formula is C10H11NO4. The van der Waals surface area contributed by atoms with Crippen molar-refractivity contribution in [3.8, 4) is 0 Å². The van der Waals surface area contributed by atoms with Gasteiger partial charge in [0.15, 0.2) is 0 Å². The normalized spacial score (nSPS) is 9.40. The minimum Gasteiger partial charge on any atom is -0.458 e. The van der Waals surface area contributed by atoms with Gasteiger partial charge in [-0.05, 0) is 24.6 Å². The number of esters is 2. The molecule has 1 aromatic heterocycles. The molecule has 0 saturated carbocycles. The second kappa shape index (κ2) is 5.74. The van der Waals surface area contributed by atoms with Gasteiger partial charge in [0.05, 0.1) is 6.61 Å². The summed E-state index contributed by atoms with van der Waals surface area (Å²) in [6.07, 6.45) is 3.15. The van der Waals surface area contributed by atoms with Crippen molar-refractivity contribution in [1.82, 2.24) is 4.98 Å². The largest absolute Gasteiger partial charge is 0.458 e. The maximum Gasteiger partial charge on any atom is 0.417 e. The summed E-state index contributed by atoms with van der Waals surface area (Å²) >= 11 is 0. The van der Waals surface area contributed by atoms with Gasteiger partial charge in [-0.3, -0.25) is 4.98 Å². The van der Waals surface area contributed by atoms with E-state index in [-0.39, 0.29) is 13.2 Å². The minimum atomic E-state index is -0.978. The fourth-order valence-electron chi connectivity index (χ4n) is 0.877. The molecule has 0 fully saturated rings. The molecule has 1 aromatic rings. The molecular weight excluding hydrogens is 198 g/mol. The molecule has 0 radical (unpaired) electrons. The minimum absolute atomic E-state index is 0.0418. The lowest BCUT2D eigenvalue weighted by Crippen LogP contribution is -2.20. The van der Waals surface area contributed by atoms with E-state index in [1.807, 2.05) is 0 Å². The molecule has 0 aliphatic carbocycles. The van der Waals surface area contributed by atoms with E-state index >= 15 is 0 Å². The number of nitrogens with zero attached hydrogens (tertiary/aromatic N) is 1. The van der Waals surface area contributed by atoms with Gasteiger partial charge in [0.1, 0.15) is 6.61 Å². The number of hydrogen-bond donors (Lipinski definition) is 0. The third-order valence-corrected chi connectivity index (χ3v) is 1.56. The zero-order valence-electron chi connectivity index (χ0n) is 8.30. The lowest BCUT2D eigenvalue weighted by atomic mass is 10.3. The van der Waals surface area contributed by atoms with Gasteiger partial charge in [-0.25, -0.2) is 9.59 Å². The molecule has 0 aliphatic rings. The van der Waals surface area contributed by atoms with Crippen LogP contribution in [0.15, 0.2) is 24.5 Å². The van der Waals surface area contributed by atoms with Crippen LogP contribution < -0.4 is 0 Å². The van der Waals surface area contributed by atoms with Crippen molar-refractivity contribution >= 4 is 11.9 Å². The molecule has 5 nitrogen and oxygen atoms in total. The Morgan fingerprint density at radius 3 is 2.40 bits per heavy atom. The Morgan fingerprint density at radius 1 is 1.20 bits per heavy atom. The van der Waals surface area contributed by atoms with E-state index in [2.05, 4.69) is 9.72 Å². The van der Waals surface area contributed by atoms with Crippen LogP contribution in [0.2, 0.25) is 0 Å². The molecule has 1 rings (SSSR count). The van der Waals surface area contributed by atoms with Crippen LogP contribution in [-0.4, -0.2) is 23.5 Å². The second-order valence-electron chi connectivity index (χ2n) is 2.65. The van der Waals surface area contributed by atoms with Crippen molar-refractivity contribution in [3.63, 3.8) is 0 Å². The van der Waals surface area contributed by atoms with Crippen molar-refractivity contribution in [3.05, 3.63) is 30.1 Å². The predicted octanol–water partition coefficient (Wildman–Crippen LogP) is 0.688. The summed E-state index contributed by atoms with van der Waals surface area (Å²) in [4.78, 5) is 25.7. The van der Waals surface area contributed by atoms with E-state index in [9.17, 15) is 9.59 Å². The van der Waals surface area contributed by atoms with Gasteiger partial charge in [-0.2, -0.15) is 0 Å². The second-order valence-corrected chi connectivity index (χ2v) is 2.65. The summed E-state index contributed by atoms with van der Waals surface area (Å²) in [6, 6.07) is 3.39. The van der Waals surface area contributed by atoms with E-state index in [0.717, 1.165) is 5.56 Å². The summed E-state index contributed by atoms with van der Waals surface area (Å²) < 4.78 is 9.17. The molecule has 0 spiro atoms. The third-order valence-electron chi connectivity index (χ3n) is 1.56. The molecule has 0 unspecified atom stereocenters. The predicted molar refractivity (Wildman–Crippen MR) is 50.7 cm³/mol. The number of hydrogen-bond acceptors (Lipinski definition) is 5. The lowest BCUT2D eigenvalue weighted by molar-refractivity contribution is -0.168. The Kier molecular flexibility index (Phi) is 4.28. The highest BCUT2D eigenvalue weighted by Crippen LogP contribution is 1.99. The summed E-state index contributed by atoms with van der Waals surface area (Å²) in [7, 11) is 0. The summed E-state index contributed by atoms with van der Waals surface area (Å²) in [5.74, 6) is -1.94. The first kappa shape index (κ1) is 11.2. The number of carbonyl (C=O) groups excluding carboxylic acids is 2. The molecule has 0 aromatic carbocycles. The molecule has 1 heterocycles. The monoisotopic (exact) mass is 209 g/mol. The highest BCUT2D eigenvalue weighted by molar-refractivity contribution is 6.29. The van der Waals surface area contributed by atoms with Crippen LogP contribution in [0.1, 0.15) is 12.5 Å². The van der Waals surface area contributed by atoms with Crippen molar-refractivity contribution in [1.29, 1.82) is 0 Å². The third kappa shape index (κ3) is 3.76. The average molecular weight is 209 g/mol. The Hall–Kier alpha value is -1.91. The van der Waals surface area contributed by atoms with E-state index < -0.39 is 11.9 Å². The van der Waals surface area contributed by atoms with Crippen molar-refractivity contribution in [2.45, 2.75) is 13.5 Å². The zero-order valence-corrected chi connectivity index (χ0v) is 8.30. The topological polar surface area (TPSA) is 65.5 Å². The van der Waals surface area contributed by atoms with Crippen molar-refractivity contribution in [2.75, 3.05) is 6.61 Å². The molecule has 15 heavy (non-hydrogen) atoms. The van der Waals surface area contributed by atoms with Gasteiger partial charge in [-0.15, -0.1) is 0 Å². The highest BCUT2D eigenvalue weighted by atomic mass is 16.6. The maximum absolute atomic E-state index is 11.0. The van der Waals surface area contributed by atoms with Crippen molar-refractivity contribution in [2.24, 2.45) is 0 Å². The summed E-state index contributed by atoms with van der Waals surface area (Å²) in [6.45, 7) is 1.82. The summed E-state index contributed by atoms with van der Waals surface area (Å²) in [5.41, 5.74) is 0.766. The van der Waals surface area contributed by atoms with Gasteiger partial charge in [0.25, 0.3) is 0 Å². The molecule has 0 aliphatic heterocycles. The maximum atomic E-state index is 11.0. The molecule has 0 N–H and O–H groups in total. The Balaban J connectivity index is 2.38. The fourth-order valence-corrected chi connectivity index (χ4v) is 0.877. The van der Waals surface area contributed by atoms with Crippen LogP contribution in [0.4, 0.5) is 0 Å². The van der Waals surface area contributed by atoms with Crippen LogP contribution in [-0.2, 0) is 25.7 Å². The zero-order chi connectivity index (χ0) is 11.1. The van der Waals surface area contributed by atoms with Gasteiger partial charge < -0.3 is 9.47 Å². The van der Waals surface area contributed by atoms with Gasteiger partial charge >= 0.3 is 11.9 Å². The van der Waals surface area contributed by atoms with E-state index in [0.29, 0.717) is 0 Å². The van der Waals surface area contributed by atoms with Crippen LogP contribution in [0.5, 0.6) is 0 Å². The Morgan fingerprint density at radius 2 is 1.80 bits per heavy atom. The standard InChI is InChI=1S/C10H11NO4/c1-2-14-9(12)10(13)15-7-8-3-5-11-6-4-8/h3-6H,2,7H2,1H3. The highest BCUT2D eigenvalue weighted by Gasteiger charge is 2.16. The molecule has 0 atom stereocenters. The Bertz CT molecular complexity index is 337. The lowest BCUT2D eigenvalue weighted by Gasteiger charge is -2.03. The smallest absolute Gasteiger partial charge is 0.417 e. The number of aromatic nitrogens is 1. The number of rotatable bonds is 3. The van der Waals surface area contributed by atoms with Crippen LogP contribution >= 0.6 is 0 Å². The van der Waals surface area contributed by atoms with E-state index in [1.165, 1.54) is 0 Å².